The van der Waals surface area contributed by atoms with Crippen LogP contribution in [0.25, 0.3) is 0 Å². The van der Waals surface area contributed by atoms with Crippen molar-refractivity contribution in [2.75, 3.05) is 6.54 Å². The fourth-order valence-electron chi connectivity index (χ4n) is 1.09. The number of nitrogens with one attached hydrogen (secondary N) is 2. The van der Waals surface area contributed by atoms with Crippen LogP contribution in [0.15, 0.2) is 29.2 Å². The van der Waals surface area contributed by atoms with E-state index in [1.165, 1.54) is 12.1 Å². The van der Waals surface area contributed by atoms with Crippen LogP contribution in [0.2, 0.25) is 0 Å². The molecule has 18 heavy (non-hydrogen) atoms. The first-order chi connectivity index (χ1) is 8.31. The smallest absolute Gasteiger partial charge is 0.329 e. The molecule has 0 aliphatic carbocycles. The Morgan fingerprint density at radius 2 is 1.78 bits per heavy atom. The minimum atomic E-state index is -3.98. The molecule has 0 fully saturated rings. The van der Waals surface area contributed by atoms with Crippen LogP contribution in [0.1, 0.15) is 5.56 Å². The number of hydrogen-bond acceptors (Lipinski definition) is 4. The summed E-state index contributed by atoms with van der Waals surface area (Å²) in [7, 11) is -3.98. The zero-order valence-corrected chi connectivity index (χ0v) is 10.3. The number of amides is 2. The van der Waals surface area contributed by atoms with E-state index in [9.17, 15) is 18.0 Å². The molecule has 0 atom stereocenters. The molecule has 0 bridgehead atoms. The maximum atomic E-state index is 11.7. The van der Waals surface area contributed by atoms with Crippen molar-refractivity contribution in [1.29, 1.82) is 0 Å². The van der Waals surface area contributed by atoms with Crippen molar-refractivity contribution in [2.45, 2.75) is 11.8 Å². The van der Waals surface area contributed by atoms with Gasteiger partial charge in [0.2, 0.25) is 0 Å². The summed E-state index contributed by atoms with van der Waals surface area (Å²) < 4.78 is 25.1. The predicted octanol–water partition coefficient (Wildman–Crippen LogP) is 0.0675. The van der Waals surface area contributed by atoms with E-state index in [4.69, 9.17) is 5.11 Å². The number of sulfonamides is 1. The average Bonchev–Trinajstić information content (AvgIpc) is 2.26. The van der Waals surface area contributed by atoms with Crippen LogP contribution >= 0.6 is 0 Å². The molecular weight excluding hydrogens is 260 g/mol. The molecule has 1 rings (SSSR count). The zero-order chi connectivity index (χ0) is 13.8. The van der Waals surface area contributed by atoms with Gasteiger partial charge in [-0.1, -0.05) is 17.7 Å². The van der Waals surface area contributed by atoms with E-state index in [2.05, 4.69) is 0 Å². The highest BCUT2D eigenvalue weighted by molar-refractivity contribution is 7.90. The second-order valence-corrected chi connectivity index (χ2v) is 5.18. The average molecular weight is 272 g/mol. The molecule has 0 aromatic heterocycles. The molecule has 8 heteroatoms. The number of carbonyl (C=O) groups is 2. The summed E-state index contributed by atoms with van der Waals surface area (Å²) in [5.74, 6) is -1.27. The minimum absolute atomic E-state index is 0.0708. The zero-order valence-electron chi connectivity index (χ0n) is 9.50. The highest BCUT2D eigenvalue weighted by atomic mass is 32.2. The van der Waals surface area contributed by atoms with Gasteiger partial charge >= 0.3 is 12.0 Å². The summed E-state index contributed by atoms with van der Waals surface area (Å²) in [4.78, 5) is 21.3. The number of carboxylic acids is 1. The van der Waals surface area contributed by atoms with Gasteiger partial charge in [-0.2, -0.15) is 0 Å². The minimum Gasteiger partial charge on any atom is -0.480 e. The molecule has 98 valence electrons. The van der Waals surface area contributed by atoms with Gasteiger partial charge in [0, 0.05) is 0 Å². The maximum Gasteiger partial charge on any atom is 0.329 e. The second kappa shape index (κ2) is 5.50. The Morgan fingerprint density at radius 3 is 2.28 bits per heavy atom. The van der Waals surface area contributed by atoms with E-state index in [0.29, 0.717) is 0 Å². The third-order valence-corrected chi connectivity index (χ3v) is 3.31. The molecule has 0 aliphatic rings. The molecule has 0 unspecified atom stereocenters. The summed E-state index contributed by atoms with van der Waals surface area (Å²) in [5, 5.41) is 10.2. The van der Waals surface area contributed by atoms with Crippen LogP contribution in [0.5, 0.6) is 0 Å². The predicted molar refractivity (Wildman–Crippen MR) is 62.5 cm³/mol. The number of rotatable bonds is 4. The first-order valence-corrected chi connectivity index (χ1v) is 6.39. The molecular formula is C10H12N2O5S. The van der Waals surface area contributed by atoms with Crippen molar-refractivity contribution in [3.05, 3.63) is 29.8 Å². The van der Waals surface area contributed by atoms with Gasteiger partial charge in [-0.05, 0) is 19.1 Å². The fraction of sp³-hybridized carbons (Fsp3) is 0.200. The van der Waals surface area contributed by atoms with Crippen molar-refractivity contribution in [3.8, 4) is 0 Å². The van der Waals surface area contributed by atoms with Crippen LogP contribution < -0.4 is 10.0 Å². The highest BCUT2D eigenvalue weighted by Crippen LogP contribution is 2.09. The van der Waals surface area contributed by atoms with Gasteiger partial charge in [0.25, 0.3) is 10.0 Å². The normalized spacial score (nSPS) is 10.7. The maximum absolute atomic E-state index is 11.7. The van der Waals surface area contributed by atoms with Gasteiger partial charge in [0.15, 0.2) is 0 Å². The number of hydrogen-bond donors (Lipinski definition) is 3. The van der Waals surface area contributed by atoms with Crippen LogP contribution in [-0.4, -0.2) is 32.1 Å². The van der Waals surface area contributed by atoms with Crippen LogP contribution in [0.3, 0.4) is 0 Å². The number of aryl methyl sites for hydroxylation is 1. The lowest BCUT2D eigenvalue weighted by Gasteiger charge is -2.07. The Balaban J connectivity index is 2.73. The van der Waals surface area contributed by atoms with Crippen LogP contribution in [0, 0.1) is 6.92 Å². The number of aliphatic carboxylic acids is 1. The Bertz CT molecular complexity index is 550. The molecule has 0 heterocycles. The topological polar surface area (TPSA) is 113 Å². The van der Waals surface area contributed by atoms with E-state index < -0.39 is 28.6 Å². The van der Waals surface area contributed by atoms with Gasteiger partial charge in [-0.3, -0.25) is 4.79 Å². The van der Waals surface area contributed by atoms with Gasteiger partial charge in [0.05, 0.1) is 4.90 Å². The summed E-state index contributed by atoms with van der Waals surface area (Å²) in [6.45, 7) is 1.14. The molecule has 7 nitrogen and oxygen atoms in total. The Kier molecular flexibility index (Phi) is 4.27. The van der Waals surface area contributed by atoms with Crippen LogP contribution in [-0.2, 0) is 14.8 Å². The van der Waals surface area contributed by atoms with Gasteiger partial charge < -0.3 is 10.4 Å². The Hall–Kier alpha value is -2.09. The van der Waals surface area contributed by atoms with E-state index in [0.717, 1.165) is 5.56 Å². The second-order valence-electron chi connectivity index (χ2n) is 3.49. The highest BCUT2D eigenvalue weighted by Gasteiger charge is 2.17. The summed E-state index contributed by atoms with van der Waals surface area (Å²) in [6.07, 6.45) is 0. The van der Waals surface area contributed by atoms with Gasteiger partial charge in [-0.25, -0.2) is 17.9 Å². The lowest BCUT2D eigenvalue weighted by Crippen LogP contribution is -2.41. The van der Waals surface area contributed by atoms with Gasteiger partial charge in [0.1, 0.15) is 6.54 Å². The van der Waals surface area contributed by atoms with Crippen molar-refractivity contribution in [1.82, 2.24) is 10.0 Å². The number of benzene rings is 1. The molecule has 1 aromatic carbocycles. The molecule has 0 spiro atoms. The number of carbonyl (C=O) groups excluding carboxylic acids is 1. The van der Waals surface area contributed by atoms with Crippen molar-refractivity contribution >= 4 is 22.0 Å². The first-order valence-electron chi connectivity index (χ1n) is 4.90. The van der Waals surface area contributed by atoms with E-state index in [-0.39, 0.29) is 4.90 Å². The Morgan fingerprint density at radius 1 is 1.22 bits per heavy atom. The van der Waals surface area contributed by atoms with Gasteiger partial charge in [-0.15, -0.1) is 0 Å². The summed E-state index contributed by atoms with van der Waals surface area (Å²) in [6, 6.07) is 4.79. The van der Waals surface area contributed by atoms with E-state index in [1.54, 1.807) is 23.8 Å². The molecule has 0 radical (unpaired) electrons. The largest absolute Gasteiger partial charge is 0.480 e. The fourth-order valence-corrected chi connectivity index (χ4v) is 2.02. The first kappa shape index (κ1) is 14.0. The van der Waals surface area contributed by atoms with Crippen molar-refractivity contribution in [2.24, 2.45) is 0 Å². The molecule has 1 aromatic rings. The van der Waals surface area contributed by atoms with Crippen LogP contribution in [0.4, 0.5) is 4.79 Å². The summed E-state index contributed by atoms with van der Waals surface area (Å²) >= 11 is 0. The summed E-state index contributed by atoms with van der Waals surface area (Å²) in [5.41, 5.74) is 0.879. The SMILES string of the molecule is Cc1ccc(S(=O)(=O)NC(=O)NCC(=O)O)cc1. The number of urea groups is 1. The quantitative estimate of drug-likeness (QED) is 0.717. The standard InChI is InChI=1S/C10H12N2O5S/c1-7-2-4-8(5-3-7)18(16,17)12-10(15)11-6-9(13)14/h2-5H,6H2,1H3,(H,13,14)(H2,11,12,15). The lowest BCUT2D eigenvalue weighted by atomic mass is 10.2. The lowest BCUT2D eigenvalue weighted by molar-refractivity contribution is -0.135. The molecule has 0 saturated heterocycles. The van der Waals surface area contributed by atoms with E-state index in [1.807, 2.05) is 5.32 Å². The molecule has 2 amide bonds. The molecule has 3 N–H and O–H groups in total. The Labute approximate surface area is 104 Å². The third kappa shape index (κ3) is 4.06. The monoisotopic (exact) mass is 272 g/mol. The third-order valence-electron chi connectivity index (χ3n) is 1.96. The number of carboxylic acid groups (broad SMARTS) is 1. The van der Waals surface area contributed by atoms with E-state index >= 15 is 0 Å². The molecule has 0 saturated carbocycles. The van der Waals surface area contributed by atoms with Crippen molar-refractivity contribution in [3.63, 3.8) is 0 Å². The molecule has 0 aliphatic heterocycles. The van der Waals surface area contributed by atoms with Crippen molar-refractivity contribution < 1.29 is 23.1 Å².